The Labute approximate surface area is 125 Å². The molecule has 0 radical (unpaired) electrons. The zero-order valence-electron chi connectivity index (χ0n) is 12.4. The molecule has 2 aromatic carbocycles. The number of hydrogen-bond donors (Lipinski definition) is 0. The van der Waals surface area contributed by atoms with Gasteiger partial charge in [-0.2, -0.15) is 0 Å². The highest BCUT2D eigenvalue weighted by Gasteiger charge is 2.14. The van der Waals surface area contributed by atoms with Gasteiger partial charge in [-0.3, -0.25) is 0 Å². The molecule has 0 saturated carbocycles. The van der Waals surface area contributed by atoms with Gasteiger partial charge in [-0.25, -0.2) is 0 Å². The van der Waals surface area contributed by atoms with Crippen LogP contribution in [0.4, 0.5) is 0 Å². The van der Waals surface area contributed by atoms with Gasteiger partial charge in [-0.05, 0) is 30.3 Å². The van der Waals surface area contributed by atoms with Crippen molar-refractivity contribution in [2.45, 2.75) is 6.29 Å². The zero-order chi connectivity index (χ0) is 15.1. The Morgan fingerprint density at radius 2 is 1.57 bits per heavy atom. The Morgan fingerprint density at radius 1 is 0.857 bits per heavy atom. The zero-order valence-corrected chi connectivity index (χ0v) is 12.4. The number of rotatable bonds is 4. The minimum absolute atomic E-state index is 0.472. The topological polar surface area (TPSA) is 27.7 Å². The molecule has 0 aliphatic heterocycles. The maximum Gasteiger partial charge on any atom is 0.184 e. The van der Waals surface area contributed by atoms with E-state index in [0.29, 0.717) is 0 Å². The van der Waals surface area contributed by atoms with Crippen LogP contribution in [0.2, 0.25) is 0 Å². The van der Waals surface area contributed by atoms with E-state index in [-0.39, 0.29) is 0 Å². The lowest BCUT2D eigenvalue weighted by Gasteiger charge is -2.16. The molecule has 0 unspecified atom stereocenters. The van der Waals surface area contributed by atoms with Crippen molar-refractivity contribution < 1.29 is 14.2 Å². The Balaban J connectivity index is 2.41. The van der Waals surface area contributed by atoms with E-state index >= 15 is 0 Å². The molecule has 0 aliphatic carbocycles. The first-order valence-electron chi connectivity index (χ1n) is 6.59. The van der Waals surface area contributed by atoms with Gasteiger partial charge in [0.25, 0.3) is 0 Å². The number of ether oxygens (including phenoxy) is 3. The Kier molecular flexibility index (Phi) is 5.39. The highest BCUT2D eigenvalue weighted by atomic mass is 16.7. The normalized spacial score (nSPS) is 10.1. The molecule has 0 bridgehead atoms. The van der Waals surface area contributed by atoms with Crippen molar-refractivity contribution >= 4 is 0 Å². The van der Waals surface area contributed by atoms with Crippen LogP contribution in [-0.4, -0.2) is 21.3 Å². The van der Waals surface area contributed by atoms with E-state index in [1.54, 1.807) is 21.3 Å². The second kappa shape index (κ2) is 7.49. The van der Waals surface area contributed by atoms with Gasteiger partial charge >= 0.3 is 0 Å². The maximum atomic E-state index is 5.33. The Hall–Kier alpha value is -2.28. The standard InChI is InChI=1S/C18H18O3/c1-19-16-12-11-15(17(13-16)18(20-2)21-3)10-9-14-7-5-4-6-8-14/h4-8,11-13,18H,1-3H3. The second-order valence-corrected chi connectivity index (χ2v) is 4.37. The van der Waals surface area contributed by atoms with Gasteiger partial charge in [0.05, 0.1) is 7.11 Å². The SMILES string of the molecule is COc1ccc(C#Cc2ccccc2)c(C(OC)OC)c1. The summed E-state index contributed by atoms with van der Waals surface area (Å²) in [6.45, 7) is 0. The molecule has 2 rings (SSSR count). The fourth-order valence-electron chi connectivity index (χ4n) is 1.99. The molecule has 0 fully saturated rings. The number of hydrogen-bond acceptors (Lipinski definition) is 3. The van der Waals surface area contributed by atoms with Gasteiger partial charge in [0.2, 0.25) is 0 Å². The van der Waals surface area contributed by atoms with Crippen LogP contribution in [0.3, 0.4) is 0 Å². The number of methoxy groups -OCH3 is 3. The molecule has 0 amide bonds. The van der Waals surface area contributed by atoms with Gasteiger partial charge < -0.3 is 14.2 Å². The maximum absolute atomic E-state index is 5.33. The van der Waals surface area contributed by atoms with Crippen molar-refractivity contribution in [3.05, 3.63) is 65.2 Å². The summed E-state index contributed by atoms with van der Waals surface area (Å²) < 4.78 is 15.9. The van der Waals surface area contributed by atoms with E-state index in [2.05, 4.69) is 11.8 Å². The third-order valence-electron chi connectivity index (χ3n) is 3.06. The van der Waals surface area contributed by atoms with Crippen molar-refractivity contribution in [2.75, 3.05) is 21.3 Å². The quantitative estimate of drug-likeness (QED) is 0.635. The molecule has 21 heavy (non-hydrogen) atoms. The molecule has 108 valence electrons. The summed E-state index contributed by atoms with van der Waals surface area (Å²) in [7, 11) is 4.83. The largest absolute Gasteiger partial charge is 0.497 e. The van der Waals surface area contributed by atoms with Crippen molar-refractivity contribution in [1.29, 1.82) is 0 Å². The van der Waals surface area contributed by atoms with E-state index in [1.165, 1.54) is 0 Å². The Morgan fingerprint density at radius 3 is 2.19 bits per heavy atom. The summed E-state index contributed by atoms with van der Waals surface area (Å²) in [5, 5.41) is 0. The van der Waals surface area contributed by atoms with Gasteiger partial charge in [-0.1, -0.05) is 30.0 Å². The van der Waals surface area contributed by atoms with E-state index in [0.717, 1.165) is 22.4 Å². The van der Waals surface area contributed by atoms with E-state index < -0.39 is 6.29 Å². The third kappa shape index (κ3) is 3.85. The van der Waals surface area contributed by atoms with Gasteiger partial charge in [0, 0.05) is 30.9 Å². The molecule has 0 saturated heterocycles. The van der Waals surface area contributed by atoms with Crippen LogP contribution in [0.5, 0.6) is 5.75 Å². The molecule has 0 atom stereocenters. The lowest BCUT2D eigenvalue weighted by Crippen LogP contribution is -2.06. The first kappa shape index (κ1) is 15.1. The fraction of sp³-hybridized carbons (Fsp3) is 0.222. The molecular formula is C18H18O3. The summed E-state index contributed by atoms with van der Waals surface area (Å²) in [5.41, 5.74) is 2.67. The minimum Gasteiger partial charge on any atom is -0.497 e. The van der Waals surface area contributed by atoms with Crippen molar-refractivity contribution in [3.8, 4) is 17.6 Å². The summed E-state index contributed by atoms with van der Waals surface area (Å²) in [6.07, 6.45) is -0.472. The van der Waals surface area contributed by atoms with Crippen LogP contribution < -0.4 is 4.74 Å². The molecule has 2 aromatic rings. The van der Waals surface area contributed by atoms with Crippen molar-refractivity contribution in [1.82, 2.24) is 0 Å². The highest BCUT2D eigenvalue weighted by Crippen LogP contribution is 2.25. The third-order valence-corrected chi connectivity index (χ3v) is 3.06. The predicted octanol–water partition coefficient (Wildman–Crippen LogP) is 3.39. The fourth-order valence-corrected chi connectivity index (χ4v) is 1.99. The summed E-state index contributed by atoms with van der Waals surface area (Å²) in [6, 6.07) is 15.5. The van der Waals surface area contributed by atoms with Gasteiger partial charge in [-0.15, -0.1) is 0 Å². The summed E-state index contributed by atoms with van der Waals surface area (Å²) in [5.74, 6) is 7.05. The first-order valence-corrected chi connectivity index (χ1v) is 6.59. The van der Waals surface area contributed by atoms with Crippen LogP contribution in [-0.2, 0) is 9.47 Å². The van der Waals surface area contributed by atoms with Gasteiger partial charge in [0.1, 0.15) is 5.75 Å². The molecule has 0 heterocycles. The number of benzene rings is 2. The first-order chi connectivity index (χ1) is 10.3. The van der Waals surface area contributed by atoms with Crippen molar-refractivity contribution in [3.63, 3.8) is 0 Å². The lowest BCUT2D eigenvalue weighted by molar-refractivity contribution is -0.106. The lowest BCUT2D eigenvalue weighted by atomic mass is 10.1. The average molecular weight is 282 g/mol. The van der Waals surface area contributed by atoms with E-state index in [9.17, 15) is 0 Å². The Bertz CT molecular complexity index is 635. The van der Waals surface area contributed by atoms with Crippen LogP contribution in [0.25, 0.3) is 0 Å². The van der Waals surface area contributed by atoms with Crippen LogP contribution in [0.1, 0.15) is 23.0 Å². The molecule has 0 spiro atoms. The smallest absolute Gasteiger partial charge is 0.184 e. The molecule has 3 heteroatoms. The molecule has 0 aliphatic rings. The second-order valence-electron chi connectivity index (χ2n) is 4.37. The van der Waals surface area contributed by atoms with Crippen LogP contribution >= 0.6 is 0 Å². The summed E-state index contributed by atoms with van der Waals surface area (Å²) in [4.78, 5) is 0. The average Bonchev–Trinajstić information content (AvgIpc) is 2.55. The minimum atomic E-state index is -0.472. The van der Waals surface area contributed by atoms with Gasteiger partial charge in [0.15, 0.2) is 6.29 Å². The highest BCUT2D eigenvalue weighted by molar-refractivity contribution is 5.49. The monoisotopic (exact) mass is 282 g/mol. The molecule has 0 aromatic heterocycles. The van der Waals surface area contributed by atoms with E-state index in [1.807, 2.05) is 48.5 Å². The predicted molar refractivity (Wildman–Crippen MR) is 82.2 cm³/mol. The molecular weight excluding hydrogens is 264 g/mol. The van der Waals surface area contributed by atoms with E-state index in [4.69, 9.17) is 14.2 Å². The molecule has 0 N–H and O–H groups in total. The van der Waals surface area contributed by atoms with Crippen LogP contribution in [0, 0.1) is 11.8 Å². The van der Waals surface area contributed by atoms with Crippen molar-refractivity contribution in [2.24, 2.45) is 0 Å². The van der Waals surface area contributed by atoms with Crippen LogP contribution in [0.15, 0.2) is 48.5 Å². The summed E-state index contributed by atoms with van der Waals surface area (Å²) >= 11 is 0. The molecule has 3 nitrogen and oxygen atoms in total.